The highest BCUT2D eigenvalue weighted by molar-refractivity contribution is 5.92. The number of Topliss-reactive ketones (excluding diaryl/α,β-unsaturated/α-hetero) is 1. The van der Waals surface area contributed by atoms with Gasteiger partial charge in [-0.3, -0.25) is 9.69 Å². The predicted octanol–water partition coefficient (Wildman–Crippen LogP) is 4.70. The lowest BCUT2D eigenvalue weighted by molar-refractivity contribution is -0.132. The van der Waals surface area contributed by atoms with Gasteiger partial charge in [0.1, 0.15) is 0 Å². The molecule has 2 atom stereocenters. The number of carbonyl (C=O) groups is 1. The van der Waals surface area contributed by atoms with Crippen molar-refractivity contribution in [3.8, 4) is 0 Å². The van der Waals surface area contributed by atoms with Crippen molar-refractivity contribution in [2.75, 3.05) is 36.4 Å². The number of nitrogens with zero attached hydrogens (tertiary/aromatic N) is 2. The number of carbonyl (C=O) groups excluding carboxylic acids is 1. The third kappa shape index (κ3) is 3.90. The molecule has 2 N–H and O–H groups in total. The van der Waals surface area contributed by atoms with Crippen molar-refractivity contribution in [2.45, 2.75) is 45.7 Å². The highest BCUT2D eigenvalue weighted by Crippen LogP contribution is 2.32. The molecule has 0 saturated carbocycles. The van der Waals surface area contributed by atoms with Gasteiger partial charge in [-0.15, -0.1) is 0 Å². The van der Waals surface area contributed by atoms with Crippen molar-refractivity contribution in [1.82, 2.24) is 9.88 Å². The van der Waals surface area contributed by atoms with Gasteiger partial charge < -0.3 is 15.2 Å². The number of fused-ring (bicyclic) bond motifs is 2. The molecule has 0 spiro atoms. The van der Waals surface area contributed by atoms with Crippen molar-refractivity contribution in [2.24, 2.45) is 5.41 Å². The first-order valence-electron chi connectivity index (χ1n) is 11.9. The molecule has 0 aliphatic carbocycles. The summed E-state index contributed by atoms with van der Waals surface area (Å²) in [4.78, 5) is 21.9. The van der Waals surface area contributed by atoms with Crippen LogP contribution in [0.5, 0.6) is 0 Å². The molecule has 1 aromatic heterocycles. The Morgan fingerprint density at radius 1 is 1.00 bits per heavy atom. The van der Waals surface area contributed by atoms with E-state index < -0.39 is 0 Å². The van der Waals surface area contributed by atoms with Crippen LogP contribution in [0.1, 0.15) is 32.8 Å². The number of nitrogens with one attached hydrogen (secondary N) is 2. The largest absolute Gasteiger partial charge is 0.380 e. The number of aromatic amines is 1. The molecule has 5 rings (SSSR count). The lowest BCUT2D eigenvalue weighted by atomic mass is 9.80. The average Bonchev–Trinajstić information content (AvgIpc) is 3.28. The van der Waals surface area contributed by atoms with Crippen LogP contribution in [0.25, 0.3) is 10.9 Å². The van der Waals surface area contributed by atoms with Crippen LogP contribution >= 0.6 is 0 Å². The van der Waals surface area contributed by atoms with E-state index in [4.69, 9.17) is 0 Å². The minimum Gasteiger partial charge on any atom is -0.380 e. The number of ketones is 1. The third-order valence-corrected chi connectivity index (χ3v) is 7.09. The molecule has 2 aliphatic heterocycles. The fraction of sp³-hybridized carbons (Fsp3) is 0.444. The maximum absolute atomic E-state index is 13.7. The number of H-pyrrole nitrogens is 1. The molecule has 0 radical (unpaired) electrons. The lowest BCUT2D eigenvalue weighted by Crippen LogP contribution is -2.60. The monoisotopic (exact) mass is 430 g/mol. The SMILES string of the molecule is CC(C)(C)C(=O)C(C1CCc2ccccc2N1)N1CCN(c2cccc3[nH]ccc23)CC1. The normalized spacial score (nSPS) is 20.6. The smallest absolute Gasteiger partial charge is 0.157 e. The predicted molar refractivity (Wildman–Crippen MR) is 133 cm³/mol. The first kappa shape index (κ1) is 21.1. The molecule has 2 aliphatic rings. The summed E-state index contributed by atoms with van der Waals surface area (Å²) in [6.07, 6.45) is 4.03. The topological polar surface area (TPSA) is 51.4 Å². The molecule has 5 nitrogen and oxygen atoms in total. The quantitative estimate of drug-likeness (QED) is 0.630. The Hall–Kier alpha value is -2.79. The number of anilines is 2. The van der Waals surface area contributed by atoms with Crippen LogP contribution in [0.3, 0.4) is 0 Å². The van der Waals surface area contributed by atoms with Crippen molar-refractivity contribution in [3.63, 3.8) is 0 Å². The second-order valence-corrected chi connectivity index (χ2v) is 10.2. The standard InChI is InChI=1S/C27H34N4O/c1-27(2,3)26(32)25(23-12-11-19-7-4-5-8-21(19)29-23)31-17-15-30(16-18-31)24-10-6-9-22-20(24)13-14-28-22/h4-10,13-14,23,25,28-29H,11-12,15-18H2,1-3H3. The van der Waals surface area contributed by atoms with E-state index in [1.165, 1.54) is 27.8 Å². The Labute approximate surface area is 190 Å². The van der Waals surface area contributed by atoms with Crippen molar-refractivity contribution >= 4 is 28.1 Å². The highest BCUT2D eigenvalue weighted by atomic mass is 16.1. The molecule has 2 unspecified atom stereocenters. The second-order valence-electron chi connectivity index (χ2n) is 10.2. The molecule has 0 bridgehead atoms. The molecule has 3 heterocycles. The number of para-hydroxylation sites is 1. The number of hydrogen-bond acceptors (Lipinski definition) is 4. The molecule has 32 heavy (non-hydrogen) atoms. The van der Waals surface area contributed by atoms with Gasteiger partial charge in [0, 0.05) is 66.1 Å². The third-order valence-electron chi connectivity index (χ3n) is 7.09. The molecule has 168 valence electrons. The van der Waals surface area contributed by atoms with Gasteiger partial charge in [0.25, 0.3) is 0 Å². The number of benzene rings is 2. The average molecular weight is 431 g/mol. The Morgan fingerprint density at radius 2 is 1.78 bits per heavy atom. The zero-order chi connectivity index (χ0) is 22.3. The van der Waals surface area contributed by atoms with Gasteiger partial charge in [0.05, 0.1) is 6.04 Å². The maximum atomic E-state index is 13.7. The number of piperazine rings is 1. The first-order chi connectivity index (χ1) is 15.4. The number of hydrogen-bond donors (Lipinski definition) is 2. The second kappa shape index (κ2) is 8.28. The molecule has 1 fully saturated rings. The fourth-order valence-electron chi connectivity index (χ4n) is 5.33. The van der Waals surface area contributed by atoms with Gasteiger partial charge in [-0.1, -0.05) is 45.0 Å². The molecule has 3 aromatic rings. The summed E-state index contributed by atoms with van der Waals surface area (Å²) < 4.78 is 0. The Morgan fingerprint density at radius 3 is 2.56 bits per heavy atom. The maximum Gasteiger partial charge on any atom is 0.157 e. The molecular weight excluding hydrogens is 396 g/mol. The Kier molecular flexibility index (Phi) is 5.46. The van der Waals surface area contributed by atoms with Crippen LogP contribution in [-0.2, 0) is 11.2 Å². The molecule has 5 heteroatoms. The fourth-order valence-corrected chi connectivity index (χ4v) is 5.33. The zero-order valence-electron chi connectivity index (χ0n) is 19.4. The van der Waals surface area contributed by atoms with Gasteiger partial charge in [-0.05, 0) is 42.7 Å². The van der Waals surface area contributed by atoms with E-state index in [1.54, 1.807) is 0 Å². The van der Waals surface area contributed by atoms with E-state index in [-0.39, 0.29) is 17.5 Å². The number of aryl methyl sites for hydroxylation is 1. The highest BCUT2D eigenvalue weighted by Gasteiger charge is 2.41. The van der Waals surface area contributed by atoms with E-state index in [0.717, 1.165) is 39.0 Å². The van der Waals surface area contributed by atoms with Gasteiger partial charge in [0.15, 0.2) is 5.78 Å². The minimum atomic E-state index is -0.364. The number of aromatic nitrogens is 1. The van der Waals surface area contributed by atoms with E-state index >= 15 is 0 Å². The zero-order valence-corrected chi connectivity index (χ0v) is 19.4. The van der Waals surface area contributed by atoms with Crippen molar-refractivity contribution < 1.29 is 4.79 Å². The van der Waals surface area contributed by atoms with Crippen LogP contribution in [0.4, 0.5) is 11.4 Å². The summed E-state index contributed by atoms with van der Waals surface area (Å²) in [6, 6.07) is 17.2. The van der Waals surface area contributed by atoms with E-state index in [9.17, 15) is 4.79 Å². The summed E-state index contributed by atoms with van der Waals surface area (Å²) in [5.41, 5.74) is 4.64. The van der Waals surface area contributed by atoms with E-state index in [1.807, 2.05) is 6.20 Å². The summed E-state index contributed by atoms with van der Waals surface area (Å²) in [5, 5.41) is 5.00. The molecule has 1 saturated heterocycles. The summed E-state index contributed by atoms with van der Waals surface area (Å²) in [5.74, 6) is 0.343. The van der Waals surface area contributed by atoms with Crippen molar-refractivity contribution in [1.29, 1.82) is 0 Å². The van der Waals surface area contributed by atoms with Crippen LogP contribution < -0.4 is 10.2 Å². The van der Waals surface area contributed by atoms with Gasteiger partial charge >= 0.3 is 0 Å². The molecule has 2 aromatic carbocycles. The van der Waals surface area contributed by atoms with Gasteiger partial charge in [-0.25, -0.2) is 0 Å². The van der Waals surface area contributed by atoms with Crippen LogP contribution in [0.15, 0.2) is 54.7 Å². The van der Waals surface area contributed by atoms with Crippen LogP contribution in [0, 0.1) is 5.41 Å². The molecular formula is C27H34N4O. The van der Waals surface area contributed by atoms with Crippen molar-refractivity contribution in [3.05, 3.63) is 60.3 Å². The first-order valence-corrected chi connectivity index (χ1v) is 11.9. The summed E-state index contributed by atoms with van der Waals surface area (Å²) in [6.45, 7) is 9.83. The van der Waals surface area contributed by atoms with E-state index in [2.05, 4.69) is 89.4 Å². The Bertz CT molecular complexity index is 1100. The van der Waals surface area contributed by atoms with E-state index in [0.29, 0.717) is 5.78 Å². The summed E-state index contributed by atoms with van der Waals surface area (Å²) in [7, 11) is 0. The summed E-state index contributed by atoms with van der Waals surface area (Å²) >= 11 is 0. The molecule has 0 amide bonds. The Balaban J connectivity index is 1.36. The van der Waals surface area contributed by atoms with Crippen LogP contribution in [-0.4, -0.2) is 53.9 Å². The van der Waals surface area contributed by atoms with Gasteiger partial charge in [0.2, 0.25) is 0 Å². The van der Waals surface area contributed by atoms with Gasteiger partial charge in [-0.2, -0.15) is 0 Å². The lowest BCUT2D eigenvalue weighted by Gasteiger charge is -2.45. The number of rotatable bonds is 4. The minimum absolute atomic E-state index is 0.103. The van der Waals surface area contributed by atoms with Crippen LogP contribution in [0.2, 0.25) is 0 Å².